The Kier molecular flexibility index (Phi) is 44.8. The summed E-state index contributed by atoms with van der Waals surface area (Å²) in [6.07, 6.45) is 52.9. The number of carboxylic acid groups (broad SMARTS) is 1. The molecule has 0 aromatic rings. The van der Waals surface area contributed by atoms with Gasteiger partial charge in [0.25, 0.3) is 0 Å². The van der Waals surface area contributed by atoms with Gasteiger partial charge in [0, 0.05) is 12.8 Å². The van der Waals surface area contributed by atoms with Crippen molar-refractivity contribution in [2.75, 3.05) is 47.5 Å². The number of aliphatic carboxylic acids is 1. The number of unbranched alkanes of at least 4 members (excludes halogenated alkanes) is 25. The molecule has 9 nitrogen and oxygen atoms in total. The second-order valence-corrected chi connectivity index (χ2v) is 18.8. The van der Waals surface area contributed by atoms with Crippen LogP contribution in [0.15, 0.2) is 48.6 Å². The van der Waals surface area contributed by atoms with Crippen molar-refractivity contribution in [3.8, 4) is 0 Å². The lowest BCUT2D eigenvalue weighted by Crippen LogP contribution is -2.44. The third-order valence-electron chi connectivity index (χ3n) is 11.3. The molecule has 0 rings (SSSR count). The molecule has 0 heterocycles. The monoisotopic (exact) mass is 902 g/mol. The summed E-state index contributed by atoms with van der Waals surface area (Å²) in [5.41, 5.74) is 0. The first-order valence-electron chi connectivity index (χ1n) is 26.3. The number of carbonyl (C=O) groups is 3. The van der Waals surface area contributed by atoms with Gasteiger partial charge in [-0.2, -0.15) is 0 Å². The van der Waals surface area contributed by atoms with Crippen molar-refractivity contribution in [1.82, 2.24) is 0 Å². The Balaban J connectivity index is 4.20. The van der Waals surface area contributed by atoms with E-state index in [-0.39, 0.29) is 32.2 Å². The summed E-state index contributed by atoms with van der Waals surface area (Å²) in [5.74, 6) is -2.28. The van der Waals surface area contributed by atoms with Crippen molar-refractivity contribution in [1.29, 1.82) is 0 Å². The molecule has 9 heteroatoms. The van der Waals surface area contributed by atoms with Gasteiger partial charge in [0.2, 0.25) is 0 Å². The van der Waals surface area contributed by atoms with Crippen molar-refractivity contribution in [3.63, 3.8) is 0 Å². The van der Waals surface area contributed by atoms with Crippen molar-refractivity contribution in [2.45, 2.75) is 238 Å². The van der Waals surface area contributed by atoms with Crippen LogP contribution in [0.4, 0.5) is 0 Å². The van der Waals surface area contributed by atoms with E-state index in [1.54, 1.807) is 0 Å². The zero-order chi connectivity index (χ0) is 47.0. The number of carboxylic acids is 1. The van der Waals surface area contributed by atoms with Crippen LogP contribution in [0.5, 0.6) is 0 Å². The van der Waals surface area contributed by atoms with E-state index >= 15 is 0 Å². The molecule has 0 saturated carbocycles. The Hall–Kier alpha value is -2.75. The molecule has 0 N–H and O–H groups in total. The number of ether oxygens (including phenoxy) is 4. The summed E-state index contributed by atoms with van der Waals surface area (Å²) >= 11 is 0. The number of rotatable bonds is 48. The average Bonchev–Trinajstić information content (AvgIpc) is 3.26. The highest BCUT2D eigenvalue weighted by atomic mass is 16.7. The first-order valence-corrected chi connectivity index (χ1v) is 26.3. The maximum absolute atomic E-state index is 12.8. The van der Waals surface area contributed by atoms with E-state index in [4.69, 9.17) is 18.9 Å². The van der Waals surface area contributed by atoms with Gasteiger partial charge >= 0.3 is 11.9 Å². The van der Waals surface area contributed by atoms with Crippen LogP contribution < -0.4 is 5.11 Å². The van der Waals surface area contributed by atoms with Crippen molar-refractivity contribution < 1.29 is 42.9 Å². The first-order chi connectivity index (χ1) is 31.1. The van der Waals surface area contributed by atoms with Crippen LogP contribution in [0, 0.1) is 0 Å². The average molecular weight is 902 g/mol. The summed E-state index contributed by atoms with van der Waals surface area (Å²) in [7, 11) is 5.92. The third kappa shape index (κ3) is 47.2. The second-order valence-electron chi connectivity index (χ2n) is 18.8. The van der Waals surface area contributed by atoms with E-state index in [9.17, 15) is 19.5 Å². The SMILES string of the molecule is CC/C=C\C/C=C\C/C=C\C/C=C\CCCCCCCCCCCCCCCCC(=O)OC(COC(=O)CCCCCCCCCCCCCC)COC(OCC[N+](C)(C)C)C(=O)[O-]. The molecular weight excluding hydrogens is 803 g/mol. The zero-order valence-corrected chi connectivity index (χ0v) is 42.1. The van der Waals surface area contributed by atoms with Gasteiger partial charge in [-0.3, -0.25) is 9.59 Å². The number of hydrogen-bond donors (Lipinski definition) is 0. The van der Waals surface area contributed by atoms with Crippen LogP contribution in [0.1, 0.15) is 226 Å². The number of nitrogens with zero attached hydrogens (tertiary/aromatic N) is 1. The van der Waals surface area contributed by atoms with Crippen LogP contribution in [0.25, 0.3) is 0 Å². The number of hydrogen-bond acceptors (Lipinski definition) is 8. The van der Waals surface area contributed by atoms with E-state index in [2.05, 4.69) is 62.5 Å². The summed E-state index contributed by atoms with van der Waals surface area (Å²) < 4.78 is 22.6. The topological polar surface area (TPSA) is 111 Å². The fraction of sp³-hybridized carbons (Fsp3) is 0.800. The third-order valence-corrected chi connectivity index (χ3v) is 11.3. The minimum Gasteiger partial charge on any atom is -0.545 e. The summed E-state index contributed by atoms with van der Waals surface area (Å²) in [5, 5.41) is 11.7. The molecular formula is C55H99NO8. The number of esters is 2. The number of likely N-dealkylation sites (N-methyl/N-ethyl adjacent to an activating group) is 1. The van der Waals surface area contributed by atoms with Gasteiger partial charge in [-0.25, -0.2) is 0 Å². The molecule has 0 bridgehead atoms. The van der Waals surface area contributed by atoms with Gasteiger partial charge in [-0.05, 0) is 51.4 Å². The molecule has 0 spiro atoms. The van der Waals surface area contributed by atoms with Crippen LogP contribution >= 0.6 is 0 Å². The number of carbonyl (C=O) groups excluding carboxylic acids is 3. The predicted molar refractivity (Wildman–Crippen MR) is 265 cm³/mol. The lowest BCUT2D eigenvalue weighted by Gasteiger charge is -2.26. The quantitative estimate of drug-likeness (QED) is 0.0195. The highest BCUT2D eigenvalue weighted by Crippen LogP contribution is 2.16. The van der Waals surface area contributed by atoms with E-state index in [0.717, 1.165) is 57.8 Å². The normalized spacial score (nSPS) is 13.2. The molecule has 0 aliphatic rings. The Morgan fingerprint density at radius 2 is 0.891 bits per heavy atom. The summed E-state index contributed by atoms with van der Waals surface area (Å²) in [6, 6.07) is 0. The van der Waals surface area contributed by atoms with Crippen LogP contribution in [-0.2, 0) is 33.3 Å². The van der Waals surface area contributed by atoms with Gasteiger partial charge in [0.1, 0.15) is 13.2 Å². The fourth-order valence-electron chi connectivity index (χ4n) is 7.29. The molecule has 0 aliphatic carbocycles. The molecule has 0 radical (unpaired) electrons. The van der Waals surface area contributed by atoms with E-state index in [1.165, 1.54) is 135 Å². The van der Waals surface area contributed by atoms with E-state index in [0.29, 0.717) is 23.9 Å². The predicted octanol–water partition coefficient (Wildman–Crippen LogP) is 13.4. The lowest BCUT2D eigenvalue weighted by atomic mass is 10.0. The Bertz CT molecular complexity index is 1190. The number of allylic oxidation sites excluding steroid dienone is 8. The summed E-state index contributed by atoms with van der Waals surface area (Å²) in [6.45, 7) is 4.64. The zero-order valence-electron chi connectivity index (χ0n) is 42.1. The van der Waals surface area contributed by atoms with Gasteiger partial charge in [-0.1, -0.05) is 210 Å². The van der Waals surface area contributed by atoms with E-state index < -0.39 is 24.3 Å². The molecule has 2 unspecified atom stereocenters. The molecule has 0 aliphatic heterocycles. The highest BCUT2D eigenvalue weighted by molar-refractivity contribution is 5.70. The Labute approximate surface area is 393 Å². The Morgan fingerprint density at radius 1 is 0.484 bits per heavy atom. The molecule has 0 amide bonds. The van der Waals surface area contributed by atoms with Gasteiger partial charge < -0.3 is 33.3 Å². The maximum Gasteiger partial charge on any atom is 0.306 e. The van der Waals surface area contributed by atoms with Gasteiger partial charge in [0.05, 0.1) is 40.3 Å². The smallest absolute Gasteiger partial charge is 0.306 e. The molecule has 64 heavy (non-hydrogen) atoms. The standard InChI is InChI=1S/C55H99NO8/c1-6-8-10-12-14-16-18-20-21-22-23-24-25-26-27-28-29-30-31-32-33-34-36-38-40-42-44-46-53(58)64-51(50-63-55(54(59)60)61-48-47-56(3,4)5)49-62-52(57)45-43-41-39-37-35-19-17-15-13-11-9-7-2/h8,10,14,16,20-21,23-24,51,55H,6-7,9,11-13,15,17-19,22,25-50H2,1-5H3/b10-8-,16-14-,21-20-,24-23-. The van der Waals surface area contributed by atoms with Gasteiger partial charge in [0.15, 0.2) is 12.4 Å². The largest absolute Gasteiger partial charge is 0.545 e. The molecule has 2 atom stereocenters. The molecule has 0 fully saturated rings. The minimum absolute atomic E-state index is 0.148. The molecule has 0 saturated heterocycles. The fourth-order valence-corrected chi connectivity index (χ4v) is 7.29. The minimum atomic E-state index is -1.62. The lowest BCUT2D eigenvalue weighted by molar-refractivity contribution is -0.870. The van der Waals surface area contributed by atoms with Crippen LogP contribution in [0.3, 0.4) is 0 Å². The van der Waals surface area contributed by atoms with E-state index in [1.807, 2.05) is 21.1 Å². The van der Waals surface area contributed by atoms with Crippen LogP contribution in [0.2, 0.25) is 0 Å². The first kappa shape index (κ1) is 61.2. The molecule has 0 aromatic carbocycles. The second kappa shape index (κ2) is 46.8. The highest BCUT2D eigenvalue weighted by Gasteiger charge is 2.22. The maximum atomic E-state index is 12.8. The Morgan fingerprint density at radius 3 is 1.33 bits per heavy atom. The van der Waals surface area contributed by atoms with Crippen molar-refractivity contribution in [3.05, 3.63) is 48.6 Å². The summed E-state index contributed by atoms with van der Waals surface area (Å²) in [4.78, 5) is 37.1. The van der Waals surface area contributed by atoms with Crippen molar-refractivity contribution in [2.24, 2.45) is 0 Å². The van der Waals surface area contributed by atoms with Gasteiger partial charge in [-0.15, -0.1) is 0 Å². The van der Waals surface area contributed by atoms with Crippen molar-refractivity contribution >= 4 is 17.9 Å². The van der Waals surface area contributed by atoms with Crippen LogP contribution in [-0.4, -0.2) is 82.3 Å². The number of quaternary nitrogens is 1. The molecule has 0 aromatic heterocycles. The molecule has 372 valence electrons.